The normalized spacial score (nSPS) is 16.2. The average Bonchev–Trinajstić information content (AvgIpc) is 2.72. The number of hydrogen-bond acceptors (Lipinski definition) is 4. The highest BCUT2D eigenvalue weighted by Gasteiger charge is 2.35. The van der Waals surface area contributed by atoms with Gasteiger partial charge in [0.25, 0.3) is 5.91 Å². The monoisotopic (exact) mass is 423 g/mol. The molecule has 2 aromatic carbocycles. The van der Waals surface area contributed by atoms with Gasteiger partial charge in [-0.05, 0) is 61.5 Å². The van der Waals surface area contributed by atoms with E-state index in [2.05, 4.69) is 5.32 Å². The first-order chi connectivity index (χ1) is 14.2. The summed E-state index contributed by atoms with van der Waals surface area (Å²) in [4.78, 5) is 28.3. The van der Waals surface area contributed by atoms with Gasteiger partial charge in [0.1, 0.15) is 0 Å². The fourth-order valence-electron chi connectivity index (χ4n) is 3.52. The summed E-state index contributed by atoms with van der Waals surface area (Å²) >= 11 is 5.68. The zero-order valence-electron chi connectivity index (χ0n) is 17.7. The Morgan fingerprint density at radius 2 is 1.77 bits per heavy atom. The number of carbonyl (C=O) groups excluding carboxylic acids is 2. The molecule has 0 bridgehead atoms. The minimum atomic E-state index is -0.430. The number of amides is 1. The van der Waals surface area contributed by atoms with Crippen molar-refractivity contribution in [2.45, 2.75) is 19.9 Å². The lowest BCUT2D eigenvalue weighted by Gasteiger charge is -2.38. The molecule has 7 heteroatoms. The lowest BCUT2D eigenvalue weighted by atomic mass is 9.93. The van der Waals surface area contributed by atoms with Crippen molar-refractivity contribution in [1.29, 1.82) is 0 Å². The molecule has 0 saturated carbocycles. The van der Waals surface area contributed by atoms with E-state index in [1.165, 1.54) is 7.11 Å². The van der Waals surface area contributed by atoms with Gasteiger partial charge in [-0.2, -0.15) is 0 Å². The number of methoxy groups -OCH3 is 1. The van der Waals surface area contributed by atoms with Gasteiger partial charge in [-0.3, -0.25) is 9.69 Å². The first-order valence-electron chi connectivity index (χ1n) is 9.52. The summed E-state index contributed by atoms with van der Waals surface area (Å²) in [6, 6.07) is 14.5. The van der Waals surface area contributed by atoms with Crippen LogP contribution in [0.25, 0.3) is 0 Å². The molecule has 0 aliphatic carbocycles. The Balaban J connectivity index is 2.11. The molecule has 1 heterocycles. The molecule has 0 spiro atoms. The lowest BCUT2D eigenvalue weighted by molar-refractivity contribution is -0.125. The van der Waals surface area contributed by atoms with Gasteiger partial charge in [0.15, 0.2) is 5.11 Å². The van der Waals surface area contributed by atoms with Crippen molar-refractivity contribution in [3.8, 4) is 0 Å². The van der Waals surface area contributed by atoms with Gasteiger partial charge in [-0.1, -0.05) is 24.3 Å². The molecular weight excluding hydrogens is 398 g/mol. The SMILES string of the molecule is COC(=O)c1ccc([C@@H]2NC(=S)N(c3cccc(C)c3)C(C)=C2C(=O)N(C)C)cc1. The van der Waals surface area contributed by atoms with Crippen LogP contribution in [0.4, 0.5) is 5.69 Å². The highest BCUT2D eigenvalue weighted by atomic mass is 32.1. The number of allylic oxidation sites excluding steroid dienone is 1. The van der Waals surface area contributed by atoms with Crippen molar-refractivity contribution in [1.82, 2.24) is 10.2 Å². The Morgan fingerprint density at radius 1 is 1.10 bits per heavy atom. The number of hydrogen-bond donors (Lipinski definition) is 1. The molecule has 6 nitrogen and oxygen atoms in total. The zero-order chi connectivity index (χ0) is 22.0. The maximum absolute atomic E-state index is 13.1. The molecule has 1 aliphatic heterocycles. The average molecular weight is 424 g/mol. The summed E-state index contributed by atoms with van der Waals surface area (Å²) in [5, 5.41) is 3.83. The van der Waals surface area contributed by atoms with Crippen molar-refractivity contribution in [2.24, 2.45) is 0 Å². The quantitative estimate of drug-likeness (QED) is 0.599. The molecule has 1 amide bonds. The number of esters is 1. The van der Waals surface area contributed by atoms with Gasteiger partial charge in [0.05, 0.1) is 24.3 Å². The van der Waals surface area contributed by atoms with E-state index in [4.69, 9.17) is 17.0 Å². The molecule has 0 aromatic heterocycles. The van der Waals surface area contributed by atoms with Crippen molar-refractivity contribution in [3.63, 3.8) is 0 Å². The fraction of sp³-hybridized carbons (Fsp3) is 0.261. The number of benzene rings is 2. The number of nitrogens with one attached hydrogen (secondary N) is 1. The fourth-order valence-corrected chi connectivity index (χ4v) is 3.88. The number of nitrogens with zero attached hydrogens (tertiary/aromatic N) is 2. The van der Waals surface area contributed by atoms with Crippen LogP contribution in [-0.2, 0) is 9.53 Å². The Labute approximate surface area is 182 Å². The minimum Gasteiger partial charge on any atom is -0.465 e. The third-order valence-electron chi connectivity index (χ3n) is 5.05. The van der Waals surface area contributed by atoms with Crippen LogP contribution in [0.5, 0.6) is 0 Å². The maximum atomic E-state index is 13.1. The van der Waals surface area contributed by atoms with Crippen molar-refractivity contribution >= 4 is 34.9 Å². The van der Waals surface area contributed by atoms with Crippen molar-refractivity contribution < 1.29 is 14.3 Å². The highest BCUT2D eigenvalue weighted by Crippen LogP contribution is 2.34. The molecular formula is C23H25N3O3S. The van der Waals surface area contributed by atoms with E-state index in [-0.39, 0.29) is 5.91 Å². The molecule has 0 fully saturated rings. The van der Waals surface area contributed by atoms with Crippen molar-refractivity contribution in [3.05, 3.63) is 76.5 Å². The van der Waals surface area contributed by atoms with Crippen molar-refractivity contribution in [2.75, 3.05) is 26.1 Å². The third-order valence-corrected chi connectivity index (χ3v) is 5.35. The van der Waals surface area contributed by atoms with E-state index in [1.807, 2.05) is 55.1 Å². The van der Waals surface area contributed by atoms with Crippen LogP contribution in [0.1, 0.15) is 34.5 Å². The number of carbonyl (C=O) groups is 2. The Kier molecular flexibility index (Phi) is 6.22. The molecule has 1 N–H and O–H groups in total. The Morgan fingerprint density at radius 3 is 2.33 bits per heavy atom. The van der Waals surface area contributed by atoms with Crippen LogP contribution >= 0.6 is 12.2 Å². The van der Waals surface area contributed by atoms with E-state index in [9.17, 15) is 9.59 Å². The summed E-state index contributed by atoms with van der Waals surface area (Å²) in [6.45, 7) is 3.92. The summed E-state index contributed by atoms with van der Waals surface area (Å²) in [5.74, 6) is -0.516. The topological polar surface area (TPSA) is 61.9 Å². The van der Waals surface area contributed by atoms with E-state index in [1.54, 1.807) is 31.1 Å². The predicted octanol–water partition coefficient (Wildman–Crippen LogP) is 3.58. The molecule has 0 unspecified atom stereocenters. The third kappa shape index (κ3) is 4.07. The second-order valence-electron chi connectivity index (χ2n) is 7.37. The number of rotatable bonds is 4. The highest BCUT2D eigenvalue weighted by molar-refractivity contribution is 7.80. The van der Waals surface area contributed by atoms with Crippen LogP contribution in [0, 0.1) is 6.92 Å². The number of likely N-dealkylation sites (N-methyl/N-ethyl adjacent to an activating group) is 1. The first-order valence-corrected chi connectivity index (χ1v) is 9.93. The largest absolute Gasteiger partial charge is 0.465 e. The smallest absolute Gasteiger partial charge is 0.337 e. The molecule has 1 aliphatic rings. The summed E-state index contributed by atoms with van der Waals surface area (Å²) in [7, 11) is 4.80. The van der Waals surface area contributed by atoms with Gasteiger partial charge in [-0.15, -0.1) is 0 Å². The van der Waals surface area contributed by atoms with E-state index >= 15 is 0 Å². The standard InChI is InChI=1S/C23H25N3O3S/c1-14-7-6-8-18(13-14)26-15(2)19(21(27)25(3)4)20(24-23(26)30)16-9-11-17(12-10-16)22(28)29-5/h6-13,20H,1-5H3,(H,24,30)/t20-/m0/s1. The Bertz CT molecular complexity index is 1030. The summed E-state index contributed by atoms with van der Waals surface area (Å²) in [5.41, 5.74) is 4.64. The van der Waals surface area contributed by atoms with Gasteiger partial charge >= 0.3 is 5.97 Å². The first kappa shape index (κ1) is 21.5. The minimum absolute atomic E-state index is 0.109. The molecule has 2 aromatic rings. The van der Waals surface area contributed by atoms with Gasteiger partial charge in [-0.25, -0.2) is 4.79 Å². The van der Waals surface area contributed by atoms with Crippen LogP contribution in [0.15, 0.2) is 59.8 Å². The molecule has 0 saturated heterocycles. The zero-order valence-corrected chi connectivity index (χ0v) is 18.5. The number of aryl methyl sites for hydroxylation is 1. The lowest BCUT2D eigenvalue weighted by Crippen LogP contribution is -2.49. The van der Waals surface area contributed by atoms with Crippen LogP contribution in [-0.4, -0.2) is 43.1 Å². The second-order valence-corrected chi connectivity index (χ2v) is 7.76. The van der Waals surface area contributed by atoms with Crippen LogP contribution < -0.4 is 10.2 Å². The molecule has 1 atom stereocenters. The van der Waals surface area contributed by atoms with Gasteiger partial charge in [0.2, 0.25) is 0 Å². The van der Waals surface area contributed by atoms with Crippen LogP contribution in [0.3, 0.4) is 0 Å². The summed E-state index contributed by atoms with van der Waals surface area (Å²) < 4.78 is 4.77. The Hall–Kier alpha value is -3.19. The number of ether oxygens (including phenoxy) is 1. The molecule has 3 rings (SSSR count). The molecule has 30 heavy (non-hydrogen) atoms. The summed E-state index contributed by atoms with van der Waals surface area (Å²) in [6.07, 6.45) is 0. The van der Waals surface area contributed by atoms with E-state index in [0.717, 1.165) is 22.5 Å². The van der Waals surface area contributed by atoms with E-state index < -0.39 is 12.0 Å². The van der Waals surface area contributed by atoms with Crippen LogP contribution in [0.2, 0.25) is 0 Å². The number of anilines is 1. The van der Waals surface area contributed by atoms with Gasteiger partial charge in [0, 0.05) is 25.5 Å². The van der Waals surface area contributed by atoms with Gasteiger partial charge < -0.3 is 15.0 Å². The maximum Gasteiger partial charge on any atom is 0.337 e. The number of thiocarbonyl (C=S) groups is 1. The second kappa shape index (κ2) is 8.67. The molecule has 156 valence electrons. The molecule has 0 radical (unpaired) electrons. The predicted molar refractivity (Wildman–Crippen MR) is 121 cm³/mol. The van der Waals surface area contributed by atoms with E-state index in [0.29, 0.717) is 16.2 Å².